The van der Waals surface area contributed by atoms with Crippen LogP contribution >= 0.6 is 0 Å². The molecule has 88 valence electrons. The number of rotatable bonds is 2. The van der Waals surface area contributed by atoms with E-state index < -0.39 is 0 Å². The zero-order valence-corrected chi connectivity index (χ0v) is 9.42. The molecule has 3 N–H and O–H groups in total. The number of aromatic hydroxyl groups is 1. The molecule has 1 aromatic heterocycles. The first-order chi connectivity index (χ1) is 8.20. The highest BCUT2D eigenvalue weighted by atomic mass is 16.3. The van der Waals surface area contributed by atoms with E-state index in [4.69, 9.17) is 5.84 Å². The van der Waals surface area contributed by atoms with Gasteiger partial charge < -0.3 is 15.5 Å². The molecule has 0 radical (unpaired) electrons. The molecule has 0 saturated heterocycles. The van der Waals surface area contributed by atoms with Crippen LogP contribution in [0.1, 0.15) is 12.5 Å². The Morgan fingerprint density at radius 2 is 2.18 bits per heavy atom. The highest BCUT2D eigenvalue weighted by Gasteiger charge is 2.13. The third kappa shape index (κ3) is 1.65. The zero-order valence-electron chi connectivity index (χ0n) is 9.42. The Morgan fingerprint density at radius 3 is 2.82 bits per heavy atom. The first-order valence-corrected chi connectivity index (χ1v) is 5.28. The number of aryl methyl sites for hydroxylation is 1. The summed E-state index contributed by atoms with van der Waals surface area (Å²) in [7, 11) is 0. The Bertz CT molecular complexity index is 644. The molecule has 0 aliphatic heterocycles. The molecular weight excluding hydrogens is 218 g/mol. The molecule has 0 bridgehead atoms. The van der Waals surface area contributed by atoms with Crippen LogP contribution < -0.4 is 11.4 Å². The molecule has 0 spiro atoms. The van der Waals surface area contributed by atoms with Crippen LogP contribution in [-0.4, -0.2) is 15.9 Å². The summed E-state index contributed by atoms with van der Waals surface area (Å²) in [6.07, 6.45) is 1.18. The molecule has 0 unspecified atom stereocenters. The van der Waals surface area contributed by atoms with E-state index in [2.05, 4.69) is 5.10 Å². The molecule has 0 amide bonds. The van der Waals surface area contributed by atoms with Crippen LogP contribution in [0.4, 0.5) is 0 Å². The lowest BCUT2D eigenvalue weighted by atomic mass is 10.1. The summed E-state index contributed by atoms with van der Waals surface area (Å²) in [5.74, 6) is 4.96. The number of hydrogen-bond donors (Lipinski definition) is 2. The van der Waals surface area contributed by atoms with Crippen molar-refractivity contribution in [2.24, 2.45) is 10.9 Å². The van der Waals surface area contributed by atoms with Gasteiger partial charge in [0.05, 0.1) is 11.7 Å². The van der Waals surface area contributed by atoms with Gasteiger partial charge in [-0.15, -0.1) is 0 Å². The summed E-state index contributed by atoms with van der Waals surface area (Å²) in [5.41, 5.74) is 0.526. The number of nitrogens with two attached hydrogens (primary N) is 1. The first-order valence-electron chi connectivity index (χ1n) is 5.28. The lowest BCUT2D eigenvalue weighted by Gasteiger charge is -2.11. The smallest absolute Gasteiger partial charge is 0.263 e. The molecule has 0 aliphatic carbocycles. The van der Waals surface area contributed by atoms with Crippen molar-refractivity contribution in [2.75, 3.05) is 0 Å². The zero-order chi connectivity index (χ0) is 12.4. The number of fused-ring (bicyclic) bond motifs is 1. The van der Waals surface area contributed by atoms with Gasteiger partial charge in [-0.05, 0) is 19.1 Å². The average molecular weight is 231 g/mol. The molecule has 2 aromatic rings. The van der Waals surface area contributed by atoms with Crippen molar-refractivity contribution in [1.29, 1.82) is 0 Å². The van der Waals surface area contributed by atoms with E-state index in [0.717, 1.165) is 0 Å². The third-order valence-corrected chi connectivity index (χ3v) is 2.70. The van der Waals surface area contributed by atoms with E-state index in [1.165, 1.54) is 6.21 Å². The van der Waals surface area contributed by atoms with Crippen LogP contribution in [0.25, 0.3) is 10.9 Å². The Labute approximate surface area is 97.8 Å². The number of aromatic nitrogens is 1. The fourth-order valence-corrected chi connectivity index (χ4v) is 1.92. The van der Waals surface area contributed by atoms with Crippen LogP contribution in [0.2, 0.25) is 0 Å². The van der Waals surface area contributed by atoms with Crippen molar-refractivity contribution in [3.63, 3.8) is 0 Å². The molecule has 0 saturated carbocycles. The molecule has 0 aliphatic rings. The number of benzene rings is 1. The predicted molar refractivity (Wildman–Crippen MR) is 67.3 cm³/mol. The van der Waals surface area contributed by atoms with Crippen LogP contribution in [0.5, 0.6) is 5.75 Å². The SMILES string of the molecule is CCn1c(=O)c(C=NN)c(O)c2ccccc21. The minimum absolute atomic E-state index is 0.0792. The molecule has 1 aromatic carbocycles. The molecule has 5 heteroatoms. The molecule has 17 heavy (non-hydrogen) atoms. The van der Waals surface area contributed by atoms with Crippen molar-refractivity contribution in [3.8, 4) is 5.75 Å². The monoisotopic (exact) mass is 231 g/mol. The van der Waals surface area contributed by atoms with Crippen LogP contribution in [0.15, 0.2) is 34.2 Å². The fourth-order valence-electron chi connectivity index (χ4n) is 1.92. The highest BCUT2D eigenvalue weighted by molar-refractivity contribution is 5.94. The second-order valence-corrected chi connectivity index (χ2v) is 3.61. The summed E-state index contributed by atoms with van der Waals surface area (Å²) >= 11 is 0. The topological polar surface area (TPSA) is 80.6 Å². The van der Waals surface area contributed by atoms with Crippen molar-refractivity contribution in [2.45, 2.75) is 13.5 Å². The van der Waals surface area contributed by atoms with E-state index >= 15 is 0 Å². The van der Waals surface area contributed by atoms with Gasteiger partial charge in [-0.25, -0.2) is 0 Å². The summed E-state index contributed by atoms with van der Waals surface area (Å²) in [5, 5.41) is 13.9. The highest BCUT2D eigenvalue weighted by Crippen LogP contribution is 2.24. The van der Waals surface area contributed by atoms with E-state index in [-0.39, 0.29) is 16.9 Å². The maximum absolute atomic E-state index is 12.1. The molecular formula is C12H13N3O2. The maximum Gasteiger partial charge on any atom is 0.263 e. The summed E-state index contributed by atoms with van der Waals surface area (Å²) < 4.78 is 1.58. The Hall–Kier alpha value is -2.30. The van der Waals surface area contributed by atoms with Gasteiger partial charge >= 0.3 is 0 Å². The van der Waals surface area contributed by atoms with Crippen molar-refractivity contribution < 1.29 is 5.11 Å². The van der Waals surface area contributed by atoms with Gasteiger partial charge in [0.2, 0.25) is 0 Å². The average Bonchev–Trinajstić information content (AvgIpc) is 2.35. The van der Waals surface area contributed by atoms with Gasteiger partial charge in [0, 0.05) is 11.9 Å². The molecule has 0 fully saturated rings. The maximum atomic E-state index is 12.1. The first kappa shape index (κ1) is 11.2. The molecule has 5 nitrogen and oxygen atoms in total. The number of nitrogens with zero attached hydrogens (tertiary/aromatic N) is 2. The minimum Gasteiger partial charge on any atom is -0.506 e. The van der Waals surface area contributed by atoms with E-state index in [9.17, 15) is 9.90 Å². The van der Waals surface area contributed by atoms with Gasteiger partial charge in [-0.3, -0.25) is 4.79 Å². The normalized spacial score (nSPS) is 11.4. The molecule has 1 heterocycles. The minimum atomic E-state index is -0.294. The Morgan fingerprint density at radius 1 is 1.47 bits per heavy atom. The van der Waals surface area contributed by atoms with Gasteiger partial charge in [0.1, 0.15) is 11.3 Å². The van der Waals surface area contributed by atoms with Crippen LogP contribution in [-0.2, 0) is 6.54 Å². The number of para-hydroxylation sites is 1. The Balaban J connectivity index is 2.99. The largest absolute Gasteiger partial charge is 0.506 e. The summed E-state index contributed by atoms with van der Waals surface area (Å²) in [6, 6.07) is 7.17. The van der Waals surface area contributed by atoms with Crippen LogP contribution in [0.3, 0.4) is 0 Å². The van der Waals surface area contributed by atoms with Gasteiger partial charge in [0.25, 0.3) is 5.56 Å². The van der Waals surface area contributed by atoms with Crippen molar-refractivity contribution >= 4 is 17.1 Å². The van der Waals surface area contributed by atoms with E-state index in [1.54, 1.807) is 22.8 Å². The van der Waals surface area contributed by atoms with Crippen molar-refractivity contribution in [1.82, 2.24) is 4.57 Å². The third-order valence-electron chi connectivity index (χ3n) is 2.70. The fraction of sp³-hybridized carbons (Fsp3) is 0.167. The van der Waals surface area contributed by atoms with E-state index in [0.29, 0.717) is 17.4 Å². The molecule has 0 atom stereocenters. The Kier molecular flexibility index (Phi) is 2.82. The number of hydrogen-bond acceptors (Lipinski definition) is 4. The van der Waals surface area contributed by atoms with Crippen LogP contribution in [0, 0.1) is 0 Å². The summed E-state index contributed by atoms with van der Waals surface area (Å²) in [4.78, 5) is 12.1. The lowest BCUT2D eigenvalue weighted by molar-refractivity contribution is 0.478. The second kappa shape index (κ2) is 4.29. The quantitative estimate of drug-likeness (QED) is 0.460. The van der Waals surface area contributed by atoms with E-state index in [1.807, 2.05) is 13.0 Å². The number of hydrazone groups is 1. The van der Waals surface area contributed by atoms with Crippen molar-refractivity contribution in [3.05, 3.63) is 40.2 Å². The molecule has 2 rings (SSSR count). The standard InChI is InChI=1S/C12H13N3O2/c1-2-15-10-6-4-3-5-8(10)11(16)9(7-14-13)12(15)17/h3-7,16H,2,13H2,1H3. The predicted octanol–water partition coefficient (Wildman–Crippen LogP) is 1.02. The summed E-state index contributed by atoms with van der Waals surface area (Å²) in [6.45, 7) is 2.39. The van der Waals surface area contributed by atoms with Gasteiger partial charge in [-0.2, -0.15) is 5.10 Å². The second-order valence-electron chi connectivity index (χ2n) is 3.61. The van der Waals surface area contributed by atoms with Gasteiger partial charge in [-0.1, -0.05) is 12.1 Å². The number of pyridine rings is 1. The lowest BCUT2D eigenvalue weighted by Crippen LogP contribution is -2.23. The van der Waals surface area contributed by atoms with Gasteiger partial charge in [0.15, 0.2) is 0 Å².